The Morgan fingerprint density at radius 3 is 1.61 bits per heavy atom. The number of rotatable bonds is 5. The van der Waals surface area contributed by atoms with Crippen molar-refractivity contribution >= 4 is 93.7 Å². The molecule has 3 aromatic heterocycles. The summed E-state index contributed by atoms with van der Waals surface area (Å²) in [6, 6.07) is 65.8. The standard InChI is InChI=1S/C52H31NO3/c1-2-15-34(16-3-1)53(45-26-8-14-32-13-4-5-17-35(32)45)46-27-12-25-42-41-21-9-19-36(49(41)56-52(42)46)33-29-30-48-44(31-33)43-24-11-23-40(51(43)55-48)39-22-10-20-38-37-18-6-7-28-47(37)54-50(38)39/h1-31H. The van der Waals surface area contributed by atoms with Crippen molar-refractivity contribution in [2.45, 2.75) is 0 Å². The average Bonchev–Trinajstić information content (AvgIpc) is 3.96. The van der Waals surface area contributed by atoms with Gasteiger partial charge in [0.15, 0.2) is 5.58 Å². The van der Waals surface area contributed by atoms with Gasteiger partial charge in [0.1, 0.15) is 27.9 Å². The van der Waals surface area contributed by atoms with Crippen molar-refractivity contribution in [1.29, 1.82) is 0 Å². The van der Waals surface area contributed by atoms with Gasteiger partial charge in [0.25, 0.3) is 0 Å². The Balaban J connectivity index is 1.04. The maximum Gasteiger partial charge on any atom is 0.159 e. The number of hydrogen-bond donors (Lipinski definition) is 0. The molecule has 0 atom stereocenters. The Hall–Kier alpha value is -7.56. The van der Waals surface area contributed by atoms with E-state index in [1.54, 1.807) is 0 Å². The van der Waals surface area contributed by atoms with E-state index in [4.69, 9.17) is 13.3 Å². The first-order chi connectivity index (χ1) is 27.8. The molecule has 9 aromatic carbocycles. The fraction of sp³-hybridized carbons (Fsp3) is 0. The van der Waals surface area contributed by atoms with E-state index >= 15 is 0 Å². The van der Waals surface area contributed by atoms with E-state index in [2.05, 4.69) is 181 Å². The number of nitrogens with zero attached hydrogens (tertiary/aromatic N) is 1. The summed E-state index contributed by atoms with van der Waals surface area (Å²) in [5, 5.41) is 8.81. The van der Waals surface area contributed by atoms with Crippen molar-refractivity contribution in [3.8, 4) is 22.3 Å². The van der Waals surface area contributed by atoms with Gasteiger partial charge in [-0.25, -0.2) is 0 Å². The molecule has 12 aromatic rings. The van der Waals surface area contributed by atoms with Crippen molar-refractivity contribution in [2.75, 3.05) is 4.90 Å². The lowest BCUT2D eigenvalue weighted by Gasteiger charge is -2.26. The van der Waals surface area contributed by atoms with Crippen molar-refractivity contribution in [1.82, 2.24) is 0 Å². The van der Waals surface area contributed by atoms with Gasteiger partial charge in [-0.3, -0.25) is 0 Å². The second-order valence-corrected chi connectivity index (χ2v) is 14.4. The second kappa shape index (κ2) is 12.0. The predicted octanol–water partition coefficient (Wildman–Crippen LogP) is 15.3. The summed E-state index contributed by atoms with van der Waals surface area (Å²) in [5.41, 5.74) is 12.4. The number of fused-ring (bicyclic) bond motifs is 10. The molecular formula is C52H31NO3. The van der Waals surface area contributed by atoms with Gasteiger partial charge in [0.05, 0.1) is 11.4 Å². The van der Waals surface area contributed by atoms with Gasteiger partial charge in [0.2, 0.25) is 0 Å². The summed E-state index contributed by atoms with van der Waals surface area (Å²) in [6.45, 7) is 0. The predicted molar refractivity (Wildman–Crippen MR) is 231 cm³/mol. The van der Waals surface area contributed by atoms with E-state index in [9.17, 15) is 0 Å². The van der Waals surface area contributed by atoms with Crippen LogP contribution >= 0.6 is 0 Å². The molecule has 4 heteroatoms. The van der Waals surface area contributed by atoms with Crippen LogP contribution in [0, 0.1) is 0 Å². The van der Waals surface area contributed by atoms with Gasteiger partial charge < -0.3 is 18.2 Å². The fourth-order valence-corrected chi connectivity index (χ4v) is 8.73. The lowest BCUT2D eigenvalue weighted by molar-refractivity contribution is 0.665. The zero-order valence-electron chi connectivity index (χ0n) is 30.1. The first-order valence-corrected chi connectivity index (χ1v) is 18.9. The maximum absolute atomic E-state index is 7.05. The molecule has 0 fully saturated rings. The summed E-state index contributed by atoms with van der Waals surface area (Å²) in [6.07, 6.45) is 0. The molecule has 0 aliphatic rings. The van der Waals surface area contributed by atoms with Crippen LogP contribution in [0.2, 0.25) is 0 Å². The lowest BCUT2D eigenvalue weighted by Crippen LogP contribution is -2.10. The highest BCUT2D eigenvalue weighted by Gasteiger charge is 2.23. The topological polar surface area (TPSA) is 42.7 Å². The quantitative estimate of drug-likeness (QED) is 0.178. The Kier molecular flexibility index (Phi) is 6.60. The number of benzene rings is 9. The third kappa shape index (κ3) is 4.53. The maximum atomic E-state index is 7.05. The summed E-state index contributed by atoms with van der Waals surface area (Å²) < 4.78 is 20.2. The van der Waals surface area contributed by atoms with E-state index in [1.165, 1.54) is 10.8 Å². The lowest BCUT2D eigenvalue weighted by atomic mass is 9.98. The van der Waals surface area contributed by atoms with Gasteiger partial charge in [-0.05, 0) is 53.4 Å². The molecule has 0 N–H and O–H groups in total. The third-order valence-corrected chi connectivity index (χ3v) is 11.3. The third-order valence-electron chi connectivity index (χ3n) is 11.3. The van der Waals surface area contributed by atoms with E-state index in [0.29, 0.717) is 0 Å². The minimum absolute atomic E-state index is 0.834. The van der Waals surface area contributed by atoms with Crippen LogP contribution in [0.5, 0.6) is 0 Å². The molecular weight excluding hydrogens is 687 g/mol. The number of furan rings is 3. The van der Waals surface area contributed by atoms with Gasteiger partial charge in [-0.15, -0.1) is 0 Å². The molecule has 0 saturated heterocycles. The van der Waals surface area contributed by atoms with Crippen molar-refractivity contribution in [3.05, 3.63) is 188 Å². The molecule has 0 amide bonds. The average molecular weight is 718 g/mol. The van der Waals surface area contributed by atoms with Gasteiger partial charge >= 0.3 is 0 Å². The van der Waals surface area contributed by atoms with Crippen molar-refractivity contribution in [3.63, 3.8) is 0 Å². The zero-order chi connectivity index (χ0) is 36.7. The van der Waals surface area contributed by atoms with Crippen LogP contribution in [0.15, 0.2) is 201 Å². The molecule has 262 valence electrons. The van der Waals surface area contributed by atoms with E-state index in [-0.39, 0.29) is 0 Å². The highest BCUT2D eigenvalue weighted by atomic mass is 16.3. The highest BCUT2D eigenvalue weighted by molar-refractivity contribution is 6.17. The summed E-state index contributed by atoms with van der Waals surface area (Å²) in [5.74, 6) is 0. The van der Waals surface area contributed by atoms with Crippen molar-refractivity contribution in [2.24, 2.45) is 0 Å². The zero-order valence-corrected chi connectivity index (χ0v) is 30.1. The number of hydrogen-bond acceptors (Lipinski definition) is 4. The molecule has 4 nitrogen and oxygen atoms in total. The van der Waals surface area contributed by atoms with Gasteiger partial charge in [-0.2, -0.15) is 0 Å². The van der Waals surface area contributed by atoms with Crippen LogP contribution in [0.4, 0.5) is 17.1 Å². The van der Waals surface area contributed by atoms with Crippen LogP contribution in [-0.4, -0.2) is 0 Å². The molecule has 0 bridgehead atoms. The second-order valence-electron chi connectivity index (χ2n) is 14.4. The summed E-state index contributed by atoms with van der Waals surface area (Å²) in [7, 11) is 0. The summed E-state index contributed by atoms with van der Waals surface area (Å²) in [4.78, 5) is 2.32. The van der Waals surface area contributed by atoms with E-state index in [0.717, 1.165) is 105 Å². The molecule has 56 heavy (non-hydrogen) atoms. The Bertz CT molecular complexity index is 3490. The van der Waals surface area contributed by atoms with Crippen LogP contribution < -0.4 is 4.90 Å². The number of para-hydroxylation sites is 6. The molecule has 0 radical (unpaired) electrons. The van der Waals surface area contributed by atoms with Crippen LogP contribution in [-0.2, 0) is 0 Å². The fourth-order valence-electron chi connectivity index (χ4n) is 8.73. The van der Waals surface area contributed by atoms with Crippen LogP contribution in [0.3, 0.4) is 0 Å². The first kappa shape index (κ1) is 30.9. The molecule has 0 saturated carbocycles. The normalized spacial score (nSPS) is 11.9. The minimum atomic E-state index is 0.834. The van der Waals surface area contributed by atoms with E-state index in [1.807, 2.05) is 12.1 Å². The number of anilines is 3. The summed E-state index contributed by atoms with van der Waals surface area (Å²) >= 11 is 0. The van der Waals surface area contributed by atoms with Crippen molar-refractivity contribution < 1.29 is 13.3 Å². The molecule has 3 heterocycles. The van der Waals surface area contributed by atoms with Gasteiger partial charge in [0, 0.05) is 60.1 Å². The van der Waals surface area contributed by atoms with Crippen LogP contribution in [0.1, 0.15) is 0 Å². The van der Waals surface area contributed by atoms with E-state index < -0.39 is 0 Å². The molecule has 0 aliphatic heterocycles. The molecule has 0 aliphatic carbocycles. The first-order valence-electron chi connectivity index (χ1n) is 18.9. The minimum Gasteiger partial charge on any atom is -0.455 e. The SMILES string of the molecule is c1ccc(N(c2cccc3ccccc23)c2cccc3c2oc2c(-c4ccc5oc6c(-c7cccc8c7oc7ccccc78)cccc6c5c4)cccc23)cc1. The molecule has 0 spiro atoms. The highest BCUT2D eigenvalue weighted by Crippen LogP contribution is 2.47. The van der Waals surface area contributed by atoms with Crippen LogP contribution in [0.25, 0.3) is 98.8 Å². The monoisotopic (exact) mass is 717 g/mol. The molecule has 12 rings (SSSR count). The largest absolute Gasteiger partial charge is 0.455 e. The molecule has 0 unspecified atom stereocenters. The Labute approximate surface area is 321 Å². The Morgan fingerprint density at radius 1 is 0.304 bits per heavy atom. The smallest absolute Gasteiger partial charge is 0.159 e. The van der Waals surface area contributed by atoms with Gasteiger partial charge in [-0.1, -0.05) is 146 Å². The Morgan fingerprint density at radius 2 is 0.821 bits per heavy atom.